The second-order valence-electron chi connectivity index (χ2n) is 6.34. The largest absolute Gasteiger partial charge is 0.480 e. The number of nitrogens with zero attached hydrogens (tertiary/aromatic N) is 1. The van der Waals surface area contributed by atoms with E-state index in [-0.39, 0.29) is 16.9 Å². The van der Waals surface area contributed by atoms with Crippen LogP contribution in [0, 0.1) is 0 Å². The van der Waals surface area contributed by atoms with Crippen molar-refractivity contribution in [2.24, 2.45) is 0 Å². The lowest BCUT2D eigenvalue weighted by atomic mass is 9.94. The van der Waals surface area contributed by atoms with Gasteiger partial charge in [-0.25, -0.2) is 8.42 Å². The maximum Gasteiger partial charge on any atom is 0.321 e. The van der Waals surface area contributed by atoms with E-state index in [1.807, 2.05) is 0 Å². The van der Waals surface area contributed by atoms with Crippen molar-refractivity contribution in [1.82, 2.24) is 9.62 Å². The van der Waals surface area contributed by atoms with Crippen molar-refractivity contribution < 1.29 is 27.9 Å². The van der Waals surface area contributed by atoms with E-state index in [0.717, 1.165) is 4.90 Å². The molecule has 0 bridgehead atoms. The Morgan fingerprint density at radius 1 is 1.21 bits per heavy atom. The number of nitrogens with one attached hydrogen (secondary N) is 1. The Morgan fingerprint density at radius 2 is 1.89 bits per heavy atom. The Bertz CT molecular complexity index is 1100. The molecule has 3 rings (SSSR count). The van der Waals surface area contributed by atoms with E-state index >= 15 is 0 Å². The van der Waals surface area contributed by atoms with Gasteiger partial charge >= 0.3 is 5.97 Å². The molecule has 1 aliphatic heterocycles. The average Bonchev–Trinajstić information content (AvgIpc) is 2.66. The summed E-state index contributed by atoms with van der Waals surface area (Å²) in [7, 11) is -2.87. The summed E-state index contributed by atoms with van der Waals surface area (Å²) in [6, 6.07) is 6.03. The van der Waals surface area contributed by atoms with Gasteiger partial charge in [0.2, 0.25) is 10.0 Å². The average molecular weight is 422 g/mol. The molecule has 2 aromatic rings. The first kappa shape index (κ1) is 20.3. The monoisotopic (exact) mass is 422 g/mol. The summed E-state index contributed by atoms with van der Waals surface area (Å²) in [4.78, 5) is 37.0. The highest BCUT2D eigenvalue weighted by Gasteiger charge is 2.32. The van der Waals surface area contributed by atoms with Crippen LogP contribution in [0.15, 0.2) is 35.2 Å². The molecule has 2 N–H and O–H groups in total. The normalized spacial score (nSPS) is 15.1. The predicted molar refractivity (Wildman–Crippen MR) is 105 cm³/mol. The molecule has 10 heteroatoms. The van der Waals surface area contributed by atoms with Crippen LogP contribution in [0.1, 0.15) is 27.1 Å². The lowest BCUT2D eigenvalue weighted by molar-refractivity contribution is -0.139. The number of carbonyl (C=O) groups excluding carboxylic acids is 2. The Morgan fingerprint density at radius 3 is 2.54 bits per heavy atom. The number of benzene rings is 2. The molecule has 1 heterocycles. The Balaban J connectivity index is 2.11. The molecule has 2 aromatic carbocycles. The number of rotatable bonds is 7. The fraction of sp³-hybridized carbons (Fsp3) is 0.278. The highest BCUT2D eigenvalue weighted by atomic mass is 32.2. The van der Waals surface area contributed by atoms with Crippen LogP contribution in [0.3, 0.4) is 0 Å². The van der Waals surface area contributed by atoms with Crippen molar-refractivity contribution in [3.05, 3.63) is 41.5 Å². The van der Waals surface area contributed by atoms with Gasteiger partial charge in [-0.1, -0.05) is 12.1 Å². The van der Waals surface area contributed by atoms with Crippen LogP contribution in [-0.4, -0.2) is 61.3 Å². The van der Waals surface area contributed by atoms with Crippen LogP contribution < -0.4 is 4.72 Å². The summed E-state index contributed by atoms with van der Waals surface area (Å²) in [6.45, 7) is 0. The molecule has 2 amide bonds. The molecule has 0 aromatic heterocycles. The van der Waals surface area contributed by atoms with Gasteiger partial charge in [0.05, 0.1) is 4.90 Å². The van der Waals surface area contributed by atoms with Crippen LogP contribution in [0.25, 0.3) is 10.8 Å². The topological polar surface area (TPSA) is 121 Å². The van der Waals surface area contributed by atoms with E-state index in [1.54, 1.807) is 24.5 Å². The summed E-state index contributed by atoms with van der Waals surface area (Å²) in [5.74, 6) is -1.87. The van der Waals surface area contributed by atoms with Crippen molar-refractivity contribution in [3.63, 3.8) is 0 Å². The van der Waals surface area contributed by atoms with E-state index in [0.29, 0.717) is 22.1 Å². The van der Waals surface area contributed by atoms with Gasteiger partial charge < -0.3 is 5.11 Å². The lowest BCUT2D eigenvalue weighted by Crippen LogP contribution is -2.41. The van der Waals surface area contributed by atoms with Gasteiger partial charge in [-0.05, 0) is 42.0 Å². The number of carboxylic acids is 1. The number of carboxylic acid groups (broad SMARTS) is 1. The maximum atomic E-state index is 12.8. The maximum absolute atomic E-state index is 12.8. The molecule has 28 heavy (non-hydrogen) atoms. The number of aliphatic carboxylic acids is 1. The van der Waals surface area contributed by atoms with Gasteiger partial charge in [0.25, 0.3) is 11.8 Å². The Hall–Kier alpha value is -2.43. The lowest BCUT2D eigenvalue weighted by Gasteiger charge is -2.24. The number of hydrogen-bond acceptors (Lipinski definition) is 6. The standard InChI is InChI=1S/C18H18N2O6S2/c1-20-16(21)12-5-3-4-10-8-11(9-13(15(10)12)17(20)22)28(25,26)19-14(18(23)24)6-7-27-2/h3-5,8-9,14,19H,6-7H2,1-2H3,(H,23,24). The first-order valence-corrected chi connectivity index (χ1v) is 11.2. The summed E-state index contributed by atoms with van der Waals surface area (Å²) < 4.78 is 27.8. The van der Waals surface area contributed by atoms with Crippen molar-refractivity contribution in [2.75, 3.05) is 19.1 Å². The highest BCUT2D eigenvalue weighted by Crippen LogP contribution is 2.32. The Labute approximate surface area is 165 Å². The molecule has 0 fully saturated rings. The summed E-state index contributed by atoms with van der Waals surface area (Å²) in [5.41, 5.74) is 0.404. The van der Waals surface area contributed by atoms with Gasteiger partial charge in [-0.15, -0.1) is 0 Å². The van der Waals surface area contributed by atoms with E-state index in [2.05, 4.69) is 4.72 Å². The van der Waals surface area contributed by atoms with Gasteiger partial charge in [0.15, 0.2) is 0 Å². The van der Waals surface area contributed by atoms with Crippen LogP contribution in [0.5, 0.6) is 0 Å². The zero-order valence-corrected chi connectivity index (χ0v) is 16.8. The first-order valence-electron chi connectivity index (χ1n) is 8.30. The summed E-state index contributed by atoms with van der Waals surface area (Å²) in [5, 5.41) is 10.1. The molecule has 0 spiro atoms. The first-order chi connectivity index (χ1) is 13.2. The van der Waals surface area contributed by atoms with E-state index < -0.39 is 33.8 Å². The van der Waals surface area contributed by atoms with Gasteiger partial charge in [-0.2, -0.15) is 16.5 Å². The van der Waals surface area contributed by atoms with Gasteiger partial charge in [-0.3, -0.25) is 19.3 Å². The molecule has 0 saturated carbocycles. The summed E-state index contributed by atoms with van der Waals surface area (Å²) in [6.07, 6.45) is 1.92. The molecule has 0 saturated heterocycles. The predicted octanol–water partition coefficient (Wildman–Crippen LogP) is 1.55. The van der Waals surface area contributed by atoms with Crippen molar-refractivity contribution in [1.29, 1.82) is 0 Å². The zero-order chi connectivity index (χ0) is 20.6. The third kappa shape index (κ3) is 3.50. The van der Waals surface area contributed by atoms with Crippen LogP contribution in [0.2, 0.25) is 0 Å². The third-order valence-electron chi connectivity index (χ3n) is 4.54. The zero-order valence-electron chi connectivity index (χ0n) is 15.1. The van der Waals surface area contributed by atoms with Crippen LogP contribution >= 0.6 is 11.8 Å². The van der Waals surface area contributed by atoms with Crippen molar-refractivity contribution in [3.8, 4) is 0 Å². The second-order valence-corrected chi connectivity index (χ2v) is 9.04. The number of carbonyl (C=O) groups is 3. The fourth-order valence-corrected chi connectivity index (χ4v) is 4.84. The Kier molecular flexibility index (Phi) is 5.46. The number of amides is 2. The molecule has 0 aliphatic carbocycles. The number of hydrogen-bond donors (Lipinski definition) is 2. The van der Waals surface area contributed by atoms with Gasteiger partial charge in [0.1, 0.15) is 6.04 Å². The molecule has 1 atom stereocenters. The number of sulfonamides is 1. The number of imide groups is 1. The molecule has 1 aliphatic rings. The minimum Gasteiger partial charge on any atom is -0.480 e. The SMILES string of the molecule is CSCCC(NS(=O)(=O)c1cc2c3c(cccc3c1)C(=O)N(C)C2=O)C(=O)O. The minimum absolute atomic E-state index is 0.0894. The molecular formula is C18H18N2O6S2. The smallest absolute Gasteiger partial charge is 0.321 e. The second kappa shape index (κ2) is 7.53. The molecule has 1 unspecified atom stereocenters. The summed E-state index contributed by atoms with van der Waals surface area (Å²) >= 11 is 1.41. The van der Waals surface area contributed by atoms with Crippen LogP contribution in [0.4, 0.5) is 0 Å². The molecule has 0 radical (unpaired) electrons. The van der Waals surface area contributed by atoms with Crippen LogP contribution in [-0.2, 0) is 14.8 Å². The van der Waals surface area contributed by atoms with Gasteiger partial charge in [0, 0.05) is 23.6 Å². The number of thioether (sulfide) groups is 1. The minimum atomic E-state index is -4.20. The quantitative estimate of drug-likeness (QED) is 0.650. The van der Waals surface area contributed by atoms with Crippen molar-refractivity contribution >= 4 is 50.3 Å². The third-order valence-corrected chi connectivity index (χ3v) is 6.63. The molecular weight excluding hydrogens is 404 g/mol. The van der Waals surface area contributed by atoms with Crippen molar-refractivity contribution in [2.45, 2.75) is 17.4 Å². The molecule has 148 valence electrons. The molecule has 8 nitrogen and oxygen atoms in total. The fourth-order valence-electron chi connectivity index (χ4n) is 3.08. The van der Waals surface area contributed by atoms with E-state index in [4.69, 9.17) is 0 Å². The van der Waals surface area contributed by atoms with E-state index in [9.17, 15) is 27.9 Å². The van der Waals surface area contributed by atoms with E-state index in [1.165, 1.54) is 30.9 Å². The highest BCUT2D eigenvalue weighted by molar-refractivity contribution is 7.98.